The summed E-state index contributed by atoms with van der Waals surface area (Å²) in [7, 11) is 0. The number of halogens is 1. The van der Waals surface area contributed by atoms with Crippen LogP contribution in [0.1, 0.15) is 16.8 Å². The number of aromatic nitrogens is 4. The van der Waals surface area contributed by atoms with E-state index in [0.717, 1.165) is 10.2 Å². The van der Waals surface area contributed by atoms with Crippen LogP contribution in [0.4, 0.5) is 21.7 Å². The Hall–Kier alpha value is -4.01. The Morgan fingerprint density at radius 1 is 1.06 bits per heavy atom. The van der Waals surface area contributed by atoms with Crippen molar-refractivity contribution in [3.8, 4) is 0 Å². The van der Waals surface area contributed by atoms with E-state index in [1.807, 2.05) is 25.1 Å². The summed E-state index contributed by atoms with van der Waals surface area (Å²) in [5.41, 5.74) is 3.11. The molecule has 0 aliphatic carbocycles. The van der Waals surface area contributed by atoms with Gasteiger partial charge in [0.05, 0.1) is 0 Å². The normalized spacial score (nSPS) is 11.0. The SMILES string of the molecule is Cc1cc2nn(CC(=O)Nc3ccccc3C)c(=O)n2c(Nc2ccc(F)c(C)c2)n1. The quantitative estimate of drug-likeness (QED) is 0.517. The summed E-state index contributed by atoms with van der Waals surface area (Å²) < 4.78 is 15.9. The summed E-state index contributed by atoms with van der Waals surface area (Å²) in [6, 6.07) is 13.5. The maximum absolute atomic E-state index is 13.6. The van der Waals surface area contributed by atoms with Crippen LogP contribution in [0.25, 0.3) is 5.65 Å². The zero-order valence-corrected chi connectivity index (χ0v) is 17.3. The third-order valence-corrected chi connectivity index (χ3v) is 4.82. The van der Waals surface area contributed by atoms with Gasteiger partial charge in [0.2, 0.25) is 11.9 Å². The fourth-order valence-corrected chi connectivity index (χ4v) is 3.23. The van der Waals surface area contributed by atoms with Crippen molar-refractivity contribution in [2.75, 3.05) is 10.6 Å². The standard InChI is InChI=1S/C22H21FN6O2/c1-13-6-4-5-7-18(13)26-20(30)12-28-22(31)29-19(27-28)11-15(3)24-21(29)25-16-8-9-17(23)14(2)10-16/h4-11H,12H2,1-3H3,(H,24,25)(H,26,30). The highest BCUT2D eigenvalue weighted by Crippen LogP contribution is 2.19. The minimum Gasteiger partial charge on any atom is -0.325 e. The summed E-state index contributed by atoms with van der Waals surface area (Å²) >= 11 is 0. The minimum absolute atomic E-state index is 0.233. The Bertz CT molecular complexity index is 1360. The molecule has 0 radical (unpaired) electrons. The van der Waals surface area contributed by atoms with Crippen molar-refractivity contribution in [2.24, 2.45) is 0 Å². The van der Waals surface area contributed by atoms with E-state index in [0.29, 0.717) is 28.3 Å². The van der Waals surface area contributed by atoms with Crippen LogP contribution in [-0.4, -0.2) is 25.1 Å². The molecule has 2 aromatic heterocycles. The van der Waals surface area contributed by atoms with Crippen molar-refractivity contribution in [3.05, 3.63) is 81.7 Å². The lowest BCUT2D eigenvalue weighted by molar-refractivity contribution is -0.117. The maximum Gasteiger partial charge on any atom is 0.353 e. The van der Waals surface area contributed by atoms with Gasteiger partial charge in [0.15, 0.2) is 5.65 Å². The predicted molar refractivity (Wildman–Crippen MR) is 116 cm³/mol. The van der Waals surface area contributed by atoms with E-state index in [-0.39, 0.29) is 24.2 Å². The largest absolute Gasteiger partial charge is 0.353 e. The van der Waals surface area contributed by atoms with Crippen LogP contribution in [-0.2, 0) is 11.3 Å². The average molecular weight is 420 g/mol. The fraction of sp³-hybridized carbons (Fsp3) is 0.182. The number of anilines is 3. The average Bonchev–Trinajstić information content (AvgIpc) is 3.01. The van der Waals surface area contributed by atoms with Crippen LogP contribution in [0.15, 0.2) is 53.3 Å². The van der Waals surface area contributed by atoms with Gasteiger partial charge in [-0.25, -0.2) is 23.3 Å². The van der Waals surface area contributed by atoms with Gasteiger partial charge < -0.3 is 10.6 Å². The predicted octanol–water partition coefficient (Wildman–Crippen LogP) is 3.34. The van der Waals surface area contributed by atoms with Crippen LogP contribution < -0.4 is 16.3 Å². The molecule has 2 heterocycles. The van der Waals surface area contributed by atoms with Gasteiger partial charge in [-0.3, -0.25) is 4.79 Å². The Morgan fingerprint density at radius 2 is 1.84 bits per heavy atom. The Kier molecular flexibility index (Phi) is 5.24. The lowest BCUT2D eigenvalue weighted by atomic mass is 10.2. The van der Waals surface area contributed by atoms with Crippen molar-refractivity contribution in [3.63, 3.8) is 0 Å². The van der Waals surface area contributed by atoms with E-state index in [1.165, 1.54) is 10.5 Å². The van der Waals surface area contributed by atoms with Crippen LogP contribution in [0.3, 0.4) is 0 Å². The highest BCUT2D eigenvalue weighted by atomic mass is 19.1. The van der Waals surface area contributed by atoms with Gasteiger partial charge in [-0.05, 0) is 56.2 Å². The number of aryl methyl sites for hydroxylation is 3. The molecule has 158 valence electrons. The zero-order valence-electron chi connectivity index (χ0n) is 17.3. The summed E-state index contributed by atoms with van der Waals surface area (Å²) in [6.07, 6.45) is 0. The minimum atomic E-state index is -0.510. The molecule has 0 saturated carbocycles. The van der Waals surface area contributed by atoms with E-state index in [9.17, 15) is 14.0 Å². The molecule has 0 unspecified atom stereocenters. The van der Waals surface area contributed by atoms with Gasteiger partial charge in [0, 0.05) is 23.1 Å². The lowest BCUT2D eigenvalue weighted by Gasteiger charge is -2.09. The highest BCUT2D eigenvalue weighted by molar-refractivity contribution is 5.91. The van der Waals surface area contributed by atoms with Crippen molar-refractivity contribution in [2.45, 2.75) is 27.3 Å². The van der Waals surface area contributed by atoms with Crippen molar-refractivity contribution < 1.29 is 9.18 Å². The topological polar surface area (TPSA) is 93.3 Å². The smallest absolute Gasteiger partial charge is 0.325 e. The number of carbonyl (C=O) groups excluding carboxylic acids is 1. The first-order valence-electron chi connectivity index (χ1n) is 9.67. The molecule has 1 amide bonds. The molecular weight excluding hydrogens is 399 g/mol. The fourth-order valence-electron chi connectivity index (χ4n) is 3.23. The number of amides is 1. The monoisotopic (exact) mass is 420 g/mol. The zero-order chi connectivity index (χ0) is 22.1. The number of hydrogen-bond acceptors (Lipinski definition) is 5. The van der Waals surface area contributed by atoms with Crippen LogP contribution in [0.2, 0.25) is 0 Å². The summed E-state index contributed by atoms with van der Waals surface area (Å²) in [6.45, 7) is 5.06. The van der Waals surface area contributed by atoms with Gasteiger partial charge in [0.1, 0.15) is 12.4 Å². The molecule has 2 N–H and O–H groups in total. The molecule has 4 rings (SSSR count). The van der Waals surface area contributed by atoms with Gasteiger partial charge in [-0.1, -0.05) is 18.2 Å². The van der Waals surface area contributed by atoms with Crippen molar-refractivity contribution >= 4 is 28.9 Å². The first-order valence-corrected chi connectivity index (χ1v) is 9.67. The molecule has 31 heavy (non-hydrogen) atoms. The number of hydrogen-bond donors (Lipinski definition) is 2. The van der Waals surface area contributed by atoms with E-state index in [4.69, 9.17) is 0 Å². The second-order valence-corrected chi connectivity index (χ2v) is 7.31. The number of para-hydroxylation sites is 1. The third-order valence-electron chi connectivity index (χ3n) is 4.82. The maximum atomic E-state index is 13.6. The van der Waals surface area contributed by atoms with Gasteiger partial charge >= 0.3 is 5.69 Å². The second kappa shape index (κ2) is 8.02. The van der Waals surface area contributed by atoms with Crippen LogP contribution >= 0.6 is 0 Å². The van der Waals surface area contributed by atoms with Gasteiger partial charge in [-0.15, -0.1) is 5.10 Å². The molecule has 0 aliphatic rings. The van der Waals surface area contributed by atoms with E-state index in [1.54, 1.807) is 38.1 Å². The molecule has 9 heteroatoms. The van der Waals surface area contributed by atoms with Gasteiger partial charge in [0.25, 0.3) is 0 Å². The first-order chi connectivity index (χ1) is 14.8. The molecule has 0 aliphatic heterocycles. The molecule has 0 atom stereocenters. The Balaban J connectivity index is 1.66. The van der Waals surface area contributed by atoms with Crippen LogP contribution in [0.5, 0.6) is 0 Å². The van der Waals surface area contributed by atoms with E-state index >= 15 is 0 Å². The van der Waals surface area contributed by atoms with Crippen LogP contribution in [0, 0.1) is 26.6 Å². The second-order valence-electron chi connectivity index (χ2n) is 7.31. The molecule has 0 spiro atoms. The van der Waals surface area contributed by atoms with E-state index < -0.39 is 5.69 Å². The first kappa shape index (κ1) is 20.3. The third kappa shape index (κ3) is 4.16. The number of rotatable bonds is 5. The Morgan fingerprint density at radius 3 is 2.58 bits per heavy atom. The Labute approximate surface area is 177 Å². The molecule has 0 fully saturated rings. The number of fused-ring (bicyclic) bond motifs is 1. The van der Waals surface area contributed by atoms with E-state index in [2.05, 4.69) is 20.7 Å². The van der Waals surface area contributed by atoms with Gasteiger partial charge in [-0.2, -0.15) is 0 Å². The molecular formula is C22H21FN6O2. The molecule has 0 bridgehead atoms. The molecule has 2 aromatic carbocycles. The highest BCUT2D eigenvalue weighted by Gasteiger charge is 2.16. The number of benzene rings is 2. The summed E-state index contributed by atoms with van der Waals surface area (Å²) in [5.74, 6) is -0.456. The summed E-state index contributed by atoms with van der Waals surface area (Å²) in [4.78, 5) is 29.8. The number of carbonyl (C=O) groups is 1. The molecule has 0 saturated heterocycles. The van der Waals surface area contributed by atoms with Crippen molar-refractivity contribution in [1.29, 1.82) is 0 Å². The number of nitrogens with one attached hydrogen (secondary N) is 2. The molecule has 4 aromatic rings. The van der Waals surface area contributed by atoms with Crippen molar-refractivity contribution in [1.82, 2.24) is 19.2 Å². The molecule has 8 nitrogen and oxygen atoms in total. The number of nitrogens with zero attached hydrogens (tertiary/aromatic N) is 4. The lowest BCUT2D eigenvalue weighted by Crippen LogP contribution is -2.29. The summed E-state index contributed by atoms with van der Waals surface area (Å²) in [5, 5.41) is 10.1.